The Hall–Kier alpha value is -1.42. The molecule has 0 saturated carbocycles. The fraction of sp³-hybridized carbons (Fsp3) is 0.571. The van der Waals surface area contributed by atoms with Gasteiger partial charge in [-0.2, -0.15) is 0 Å². The molecule has 1 rings (SSSR count). The predicted octanol–water partition coefficient (Wildman–Crippen LogP) is 2.42. The summed E-state index contributed by atoms with van der Waals surface area (Å²) in [6.45, 7) is 4.01. The number of hydrogen-bond acceptors (Lipinski definition) is 4. The molecule has 1 aromatic carbocycles. The van der Waals surface area contributed by atoms with E-state index in [1.165, 1.54) is 6.42 Å². The van der Waals surface area contributed by atoms with Gasteiger partial charge in [0.1, 0.15) is 11.5 Å². The molecule has 0 aliphatic rings. The first-order valence-electron chi connectivity index (χ1n) is 6.34. The topological polar surface area (TPSA) is 42.5 Å². The smallest absolute Gasteiger partial charge is 0.148 e. The molecule has 0 heterocycles. The van der Waals surface area contributed by atoms with Gasteiger partial charge < -0.3 is 20.1 Å². The largest absolute Gasteiger partial charge is 0.496 e. The van der Waals surface area contributed by atoms with Crippen LogP contribution in [0, 0.1) is 6.92 Å². The molecule has 4 heteroatoms. The van der Waals surface area contributed by atoms with E-state index < -0.39 is 0 Å². The van der Waals surface area contributed by atoms with Gasteiger partial charge in [0.2, 0.25) is 0 Å². The molecule has 2 N–H and O–H groups in total. The van der Waals surface area contributed by atoms with E-state index in [4.69, 9.17) is 9.47 Å². The van der Waals surface area contributed by atoms with Gasteiger partial charge in [-0.05, 0) is 45.5 Å². The van der Waals surface area contributed by atoms with Gasteiger partial charge >= 0.3 is 0 Å². The Labute approximate surface area is 110 Å². The summed E-state index contributed by atoms with van der Waals surface area (Å²) in [6.07, 6.45) is 2.30. The second-order valence-electron chi connectivity index (χ2n) is 4.21. The molecule has 0 saturated heterocycles. The van der Waals surface area contributed by atoms with Gasteiger partial charge in [0, 0.05) is 12.1 Å². The van der Waals surface area contributed by atoms with Crippen molar-refractivity contribution in [1.29, 1.82) is 0 Å². The van der Waals surface area contributed by atoms with Crippen LogP contribution >= 0.6 is 0 Å². The second kappa shape index (κ2) is 7.82. The third-order valence-corrected chi connectivity index (χ3v) is 2.95. The Morgan fingerprint density at radius 1 is 1.06 bits per heavy atom. The maximum atomic E-state index is 5.44. The second-order valence-corrected chi connectivity index (χ2v) is 4.21. The Kier molecular flexibility index (Phi) is 6.36. The molecular formula is C14H24N2O2. The Morgan fingerprint density at radius 2 is 1.78 bits per heavy atom. The molecular weight excluding hydrogens is 228 g/mol. The fourth-order valence-corrected chi connectivity index (χ4v) is 1.95. The maximum absolute atomic E-state index is 5.44. The van der Waals surface area contributed by atoms with E-state index in [1.54, 1.807) is 14.2 Å². The highest BCUT2D eigenvalue weighted by Gasteiger charge is 2.10. The van der Waals surface area contributed by atoms with Crippen molar-refractivity contribution in [3.05, 3.63) is 17.7 Å². The summed E-state index contributed by atoms with van der Waals surface area (Å²) >= 11 is 0. The van der Waals surface area contributed by atoms with Gasteiger partial charge in [-0.25, -0.2) is 0 Å². The lowest BCUT2D eigenvalue weighted by molar-refractivity contribution is 0.390. The molecule has 0 atom stereocenters. The molecule has 0 bridgehead atoms. The molecule has 102 valence electrons. The molecule has 0 radical (unpaired) electrons. The van der Waals surface area contributed by atoms with E-state index in [2.05, 4.69) is 10.6 Å². The van der Waals surface area contributed by atoms with Crippen LogP contribution in [0.3, 0.4) is 0 Å². The minimum atomic E-state index is 0.854. The maximum Gasteiger partial charge on any atom is 0.148 e. The molecule has 0 aromatic heterocycles. The van der Waals surface area contributed by atoms with Crippen molar-refractivity contribution in [2.45, 2.75) is 19.8 Å². The summed E-state index contributed by atoms with van der Waals surface area (Å²) in [5.41, 5.74) is 2.06. The molecule has 0 aliphatic heterocycles. The quantitative estimate of drug-likeness (QED) is 0.697. The lowest BCUT2D eigenvalue weighted by Crippen LogP contribution is -2.10. The lowest BCUT2D eigenvalue weighted by atomic mass is 10.1. The Bertz CT molecular complexity index is 367. The zero-order valence-corrected chi connectivity index (χ0v) is 11.8. The first-order valence-corrected chi connectivity index (χ1v) is 6.34. The standard InChI is InChI=1S/C14H24N2O2/c1-11-13(17-3)8-7-12(14(11)18-4)16-10-6-5-9-15-2/h7-8,15-16H,5-6,9-10H2,1-4H3. The van der Waals surface area contributed by atoms with Crippen LogP contribution in [0.2, 0.25) is 0 Å². The summed E-state index contributed by atoms with van der Waals surface area (Å²) in [4.78, 5) is 0. The van der Waals surface area contributed by atoms with Crippen molar-refractivity contribution in [2.75, 3.05) is 39.7 Å². The van der Waals surface area contributed by atoms with Gasteiger partial charge in [0.05, 0.1) is 19.9 Å². The third kappa shape index (κ3) is 3.81. The average Bonchev–Trinajstić information content (AvgIpc) is 2.39. The number of hydrogen-bond donors (Lipinski definition) is 2. The average molecular weight is 252 g/mol. The Morgan fingerprint density at radius 3 is 2.39 bits per heavy atom. The number of methoxy groups -OCH3 is 2. The highest BCUT2D eigenvalue weighted by atomic mass is 16.5. The molecule has 0 spiro atoms. The van der Waals surface area contributed by atoms with Gasteiger partial charge in [-0.15, -0.1) is 0 Å². The third-order valence-electron chi connectivity index (χ3n) is 2.95. The first-order chi connectivity index (χ1) is 8.74. The zero-order chi connectivity index (χ0) is 13.4. The lowest BCUT2D eigenvalue weighted by Gasteiger charge is -2.15. The van der Waals surface area contributed by atoms with Crippen LogP contribution in [-0.4, -0.2) is 34.4 Å². The monoisotopic (exact) mass is 252 g/mol. The van der Waals surface area contributed by atoms with Crippen molar-refractivity contribution in [3.8, 4) is 11.5 Å². The van der Waals surface area contributed by atoms with Gasteiger partial charge in [0.15, 0.2) is 0 Å². The fourth-order valence-electron chi connectivity index (χ4n) is 1.95. The molecule has 0 amide bonds. The van der Waals surface area contributed by atoms with E-state index in [9.17, 15) is 0 Å². The number of ether oxygens (including phenoxy) is 2. The van der Waals surface area contributed by atoms with Crippen LogP contribution < -0.4 is 20.1 Å². The predicted molar refractivity (Wildman–Crippen MR) is 75.9 cm³/mol. The van der Waals surface area contributed by atoms with E-state index in [0.29, 0.717) is 0 Å². The van der Waals surface area contributed by atoms with Crippen molar-refractivity contribution in [2.24, 2.45) is 0 Å². The first kappa shape index (κ1) is 14.6. The summed E-state index contributed by atoms with van der Waals surface area (Å²) < 4.78 is 10.7. The number of unbranched alkanes of at least 4 members (excludes halogenated alkanes) is 1. The molecule has 0 aliphatic carbocycles. The molecule has 0 unspecified atom stereocenters. The number of rotatable bonds is 8. The SMILES string of the molecule is CNCCCCNc1ccc(OC)c(C)c1OC. The van der Waals surface area contributed by atoms with E-state index >= 15 is 0 Å². The van der Waals surface area contributed by atoms with Crippen LogP contribution in [0.5, 0.6) is 11.5 Å². The number of benzene rings is 1. The minimum absolute atomic E-state index is 0.854. The van der Waals surface area contributed by atoms with Crippen LogP contribution in [0.25, 0.3) is 0 Å². The van der Waals surface area contributed by atoms with E-state index in [-0.39, 0.29) is 0 Å². The van der Waals surface area contributed by atoms with E-state index in [0.717, 1.165) is 42.3 Å². The number of anilines is 1. The molecule has 0 fully saturated rings. The highest BCUT2D eigenvalue weighted by Crippen LogP contribution is 2.34. The van der Waals surface area contributed by atoms with Crippen LogP contribution in [-0.2, 0) is 0 Å². The van der Waals surface area contributed by atoms with Crippen molar-refractivity contribution in [1.82, 2.24) is 5.32 Å². The van der Waals surface area contributed by atoms with Crippen molar-refractivity contribution >= 4 is 5.69 Å². The molecule has 18 heavy (non-hydrogen) atoms. The van der Waals surface area contributed by atoms with Gasteiger partial charge in [-0.3, -0.25) is 0 Å². The van der Waals surface area contributed by atoms with Crippen LogP contribution in [0.1, 0.15) is 18.4 Å². The van der Waals surface area contributed by atoms with E-state index in [1.807, 2.05) is 26.1 Å². The minimum Gasteiger partial charge on any atom is -0.496 e. The van der Waals surface area contributed by atoms with Gasteiger partial charge in [-0.1, -0.05) is 0 Å². The summed E-state index contributed by atoms with van der Waals surface area (Å²) in [5, 5.41) is 6.55. The highest BCUT2D eigenvalue weighted by molar-refractivity contribution is 5.63. The van der Waals surface area contributed by atoms with Crippen LogP contribution in [0.15, 0.2) is 12.1 Å². The molecule has 4 nitrogen and oxygen atoms in total. The van der Waals surface area contributed by atoms with Crippen molar-refractivity contribution in [3.63, 3.8) is 0 Å². The number of nitrogens with one attached hydrogen (secondary N) is 2. The zero-order valence-electron chi connectivity index (χ0n) is 11.8. The normalized spacial score (nSPS) is 10.2. The summed E-state index contributed by atoms with van der Waals surface area (Å²) in [7, 11) is 5.34. The summed E-state index contributed by atoms with van der Waals surface area (Å²) in [6, 6.07) is 3.97. The van der Waals surface area contributed by atoms with Crippen LogP contribution in [0.4, 0.5) is 5.69 Å². The van der Waals surface area contributed by atoms with Crippen molar-refractivity contribution < 1.29 is 9.47 Å². The summed E-state index contributed by atoms with van der Waals surface area (Å²) in [5.74, 6) is 1.72. The van der Waals surface area contributed by atoms with Gasteiger partial charge in [0.25, 0.3) is 0 Å². The Balaban J connectivity index is 2.62. The molecule has 1 aromatic rings.